The number of carbonyl (C=O) groups excluding carboxylic acids is 2. The lowest BCUT2D eigenvalue weighted by Crippen LogP contribution is -2.61. The number of nitrogens with zero attached hydrogens (tertiary/aromatic N) is 3. The molecule has 4 aliphatic rings. The van der Waals surface area contributed by atoms with E-state index in [1.807, 2.05) is 31.5 Å². The molecule has 0 radical (unpaired) electrons. The number of aromatic nitrogens is 3. The molecule has 0 spiro atoms. The highest BCUT2D eigenvalue weighted by atomic mass is 16.6. The lowest BCUT2D eigenvalue weighted by atomic mass is 9.52. The van der Waals surface area contributed by atoms with Crippen molar-refractivity contribution < 1.29 is 24.2 Å². The van der Waals surface area contributed by atoms with Gasteiger partial charge in [-0.05, 0) is 141 Å². The largest absolute Gasteiger partial charge is 0.460 e. The molecule has 0 amide bonds. The minimum absolute atomic E-state index is 0. The quantitative estimate of drug-likeness (QED) is 0.171. The highest BCUT2D eigenvalue weighted by Crippen LogP contribution is 2.59. The second-order valence-corrected chi connectivity index (χ2v) is 17.4. The van der Waals surface area contributed by atoms with Crippen LogP contribution in [0, 0.1) is 22.7 Å². The normalized spacial score (nSPS) is 26.0. The number of benzene rings is 1. The van der Waals surface area contributed by atoms with Crippen LogP contribution in [0.3, 0.4) is 0 Å². The topological polar surface area (TPSA) is 104 Å². The Morgan fingerprint density at radius 3 is 1.91 bits per heavy atom. The molecule has 4 bridgehead atoms. The minimum Gasteiger partial charge on any atom is -0.460 e. The molecule has 2 aromatic rings. The van der Waals surface area contributed by atoms with Gasteiger partial charge in [-0.15, -0.1) is 0 Å². The third-order valence-electron chi connectivity index (χ3n) is 12.1. The summed E-state index contributed by atoms with van der Waals surface area (Å²) in [5.41, 5.74) is -1.84. The van der Waals surface area contributed by atoms with E-state index in [9.17, 15) is 14.7 Å². The summed E-state index contributed by atoms with van der Waals surface area (Å²) in [6.07, 6.45) is 14.6. The van der Waals surface area contributed by atoms with Gasteiger partial charge >= 0.3 is 11.9 Å². The summed E-state index contributed by atoms with van der Waals surface area (Å²) in [7, 11) is 0. The lowest BCUT2D eigenvalue weighted by molar-refractivity contribution is -0.226. The molecule has 4 aliphatic carbocycles. The van der Waals surface area contributed by atoms with Crippen LogP contribution in [0.15, 0.2) is 43.0 Å². The Bertz CT molecular complexity index is 1360. The summed E-state index contributed by atoms with van der Waals surface area (Å²) in [6, 6.07) is 10.7. The van der Waals surface area contributed by atoms with Gasteiger partial charge in [0.15, 0.2) is 0 Å². The van der Waals surface area contributed by atoms with Crippen LogP contribution in [0.4, 0.5) is 0 Å². The second-order valence-electron chi connectivity index (χ2n) is 17.4. The van der Waals surface area contributed by atoms with Crippen molar-refractivity contribution in [3.63, 3.8) is 0 Å². The Balaban J connectivity index is 0.00000541. The third-order valence-corrected chi connectivity index (χ3v) is 12.1. The highest BCUT2D eigenvalue weighted by molar-refractivity contribution is 5.77. The van der Waals surface area contributed by atoms with Crippen molar-refractivity contribution in [1.29, 1.82) is 0 Å². The van der Waals surface area contributed by atoms with E-state index in [-0.39, 0.29) is 61.0 Å². The first-order valence-corrected chi connectivity index (χ1v) is 18.7. The number of hydrogen-bond donors (Lipinski definition) is 1. The zero-order valence-electron chi connectivity index (χ0n) is 30.7. The summed E-state index contributed by atoms with van der Waals surface area (Å²) in [5, 5.41) is 15.6. The van der Waals surface area contributed by atoms with E-state index in [1.54, 1.807) is 12.7 Å². The van der Waals surface area contributed by atoms with Gasteiger partial charge in [-0.2, -0.15) is 5.10 Å². The van der Waals surface area contributed by atoms with Crippen LogP contribution in [0.2, 0.25) is 0 Å². The molecule has 0 saturated heterocycles. The molecule has 1 heterocycles. The third kappa shape index (κ3) is 12.1. The molecule has 8 nitrogen and oxygen atoms in total. The number of aliphatic hydroxyl groups is 1. The van der Waals surface area contributed by atoms with Gasteiger partial charge in [0, 0.05) is 6.42 Å². The van der Waals surface area contributed by atoms with E-state index in [4.69, 9.17) is 9.47 Å². The molecule has 8 heteroatoms. The van der Waals surface area contributed by atoms with Gasteiger partial charge in [0.05, 0.1) is 22.5 Å². The number of esters is 2. The molecule has 4 saturated carbocycles. The molecule has 306 valence electrons. The number of ether oxygens (including phenoxy) is 2. The molecule has 6 rings (SSSR count). The van der Waals surface area contributed by atoms with Crippen molar-refractivity contribution in [1.82, 2.24) is 14.8 Å². The fourth-order valence-corrected chi connectivity index (χ4v) is 9.33. The summed E-state index contributed by atoms with van der Waals surface area (Å²) in [5.74, 6) is 0.823. The molecular weight excluding hydrogens is 663 g/mol. The Morgan fingerprint density at radius 1 is 0.849 bits per heavy atom. The Hall–Kier alpha value is -2.74. The standard InChI is InChI=1S/C40H61N3O5.5CH4/c1-8-33(43-28-41-27-42-43)17-20-38(7,35(45)47-36(3,4)5)19-16-32(31-13-11-10-12-14-31)15-18-37(6,9-2)34(44)48-40-24-29-21-30(25-40)23-39(46,22-29)26-40;;;;;/h10-14,27-30,32-33,46H,8-9,15-26H2,1-7H3;5*1H4. The van der Waals surface area contributed by atoms with E-state index in [0.29, 0.717) is 43.9 Å². The lowest BCUT2D eigenvalue weighted by Gasteiger charge is -2.59. The van der Waals surface area contributed by atoms with Gasteiger partial charge in [0.2, 0.25) is 0 Å². The maximum atomic E-state index is 14.1. The van der Waals surface area contributed by atoms with Crippen molar-refractivity contribution in [2.45, 2.75) is 204 Å². The maximum absolute atomic E-state index is 14.1. The van der Waals surface area contributed by atoms with Crippen LogP contribution < -0.4 is 0 Å². The molecule has 0 aliphatic heterocycles. The number of rotatable bonds is 16. The van der Waals surface area contributed by atoms with Crippen LogP contribution in [-0.2, 0) is 19.1 Å². The van der Waals surface area contributed by atoms with Crippen LogP contribution in [0.25, 0.3) is 0 Å². The molecular formula is C45H81N3O5. The molecule has 6 atom stereocenters. The van der Waals surface area contributed by atoms with E-state index in [1.165, 1.54) is 5.56 Å². The van der Waals surface area contributed by atoms with Crippen molar-refractivity contribution in [3.05, 3.63) is 48.5 Å². The Kier molecular flexibility index (Phi) is 18.7. The summed E-state index contributed by atoms with van der Waals surface area (Å²) < 4.78 is 14.5. The fraction of sp³-hybridized carbons (Fsp3) is 0.778. The van der Waals surface area contributed by atoms with E-state index < -0.39 is 27.6 Å². The average molecular weight is 744 g/mol. The van der Waals surface area contributed by atoms with Crippen LogP contribution in [0.1, 0.15) is 193 Å². The van der Waals surface area contributed by atoms with Crippen LogP contribution >= 0.6 is 0 Å². The van der Waals surface area contributed by atoms with Crippen molar-refractivity contribution in [2.75, 3.05) is 0 Å². The monoisotopic (exact) mass is 744 g/mol. The first-order valence-electron chi connectivity index (χ1n) is 18.7. The second kappa shape index (κ2) is 19.7. The van der Waals surface area contributed by atoms with Gasteiger partial charge < -0.3 is 14.6 Å². The first kappa shape index (κ1) is 50.3. The predicted octanol–water partition coefficient (Wildman–Crippen LogP) is 11.9. The summed E-state index contributed by atoms with van der Waals surface area (Å²) >= 11 is 0. The highest BCUT2D eigenvalue weighted by Gasteiger charge is 2.59. The van der Waals surface area contributed by atoms with Crippen molar-refractivity contribution in [2.24, 2.45) is 22.7 Å². The predicted molar refractivity (Wildman–Crippen MR) is 221 cm³/mol. The van der Waals surface area contributed by atoms with Crippen LogP contribution in [-0.4, -0.2) is 48.6 Å². The molecule has 1 N–H and O–H groups in total. The molecule has 6 unspecified atom stereocenters. The fourth-order valence-electron chi connectivity index (χ4n) is 9.33. The first-order chi connectivity index (χ1) is 22.6. The Labute approximate surface area is 325 Å². The van der Waals surface area contributed by atoms with Gasteiger partial charge in [-0.25, -0.2) is 9.67 Å². The smallest absolute Gasteiger partial charge is 0.312 e. The van der Waals surface area contributed by atoms with Gasteiger partial charge in [-0.1, -0.05) is 81.3 Å². The molecule has 4 fully saturated rings. The van der Waals surface area contributed by atoms with Crippen molar-refractivity contribution in [3.8, 4) is 0 Å². The Morgan fingerprint density at radius 2 is 1.42 bits per heavy atom. The number of hydrogen-bond acceptors (Lipinski definition) is 7. The zero-order chi connectivity index (χ0) is 34.8. The SMILES string of the molecule is C.C.C.C.C.CCC(CCC(C)(CCC(CCC(C)(CC)C(=O)OC12CC3CC(CC(O)(C3)C1)C2)c1ccccc1)C(=O)OC(C)(C)C)n1cncn1. The molecule has 1 aromatic heterocycles. The average Bonchev–Trinajstić information content (AvgIpc) is 3.54. The zero-order valence-corrected chi connectivity index (χ0v) is 30.7. The van der Waals surface area contributed by atoms with E-state index >= 15 is 0 Å². The van der Waals surface area contributed by atoms with Gasteiger partial charge in [0.1, 0.15) is 23.9 Å². The molecule has 53 heavy (non-hydrogen) atoms. The molecule has 1 aromatic carbocycles. The number of carbonyl (C=O) groups is 2. The van der Waals surface area contributed by atoms with Gasteiger partial charge in [0.25, 0.3) is 0 Å². The van der Waals surface area contributed by atoms with E-state index in [0.717, 1.165) is 57.8 Å². The minimum atomic E-state index is -0.680. The summed E-state index contributed by atoms with van der Waals surface area (Å²) in [4.78, 5) is 32.1. The maximum Gasteiger partial charge on any atom is 0.312 e. The van der Waals surface area contributed by atoms with Crippen molar-refractivity contribution >= 4 is 11.9 Å². The van der Waals surface area contributed by atoms with Gasteiger partial charge in [-0.3, -0.25) is 9.59 Å². The van der Waals surface area contributed by atoms with E-state index in [2.05, 4.69) is 62.0 Å². The summed E-state index contributed by atoms with van der Waals surface area (Å²) in [6.45, 7) is 14.1. The van der Waals surface area contributed by atoms with Crippen LogP contribution in [0.5, 0.6) is 0 Å².